The molecule has 120 valence electrons. The summed E-state index contributed by atoms with van der Waals surface area (Å²) in [6, 6.07) is 17.8. The van der Waals surface area contributed by atoms with E-state index < -0.39 is 5.91 Å². The number of carbonyl (C=O) groups excluding carboxylic acids is 2. The lowest BCUT2D eigenvalue weighted by atomic mass is 10.0. The van der Waals surface area contributed by atoms with E-state index in [2.05, 4.69) is 5.32 Å². The van der Waals surface area contributed by atoms with Crippen molar-refractivity contribution in [3.63, 3.8) is 0 Å². The number of amides is 2. The average molecular weight is 320 g/mol. The summed E-state index contributed by atoms with van der Waals surface area (Å²) in [5.41, 5.74) is 6.88. The number of rotatable bonds is 4. The highest BCUT2D eigenvalue weighted by Gasteiger charge is 2.12. The molecule has 3 N–H and O–H groups in total. The van der Waals surface area contributed by atoms with Crippen LogP contribution in [0.5, 0.6) is 5.75 Å². The highest BCUT2D eigenvalue weighted by atomic mass is 16.5. The van der Waals surface area contributed by atoms with Crippen molar-refractivity contribution in [1.82, 2.24) is 0 Å². The molecule has 0 aromatic heterocycles. The molecule has 0 unspecified atom stereocenters. The zero-order valence-corrected chi connectivity index (χ0v) is 13.1. The van der Waals surface area contributed by atoms with Gasteiger partial charge in [0.2, 0.25) is 0 Å². The van der Waals surface area contributed by atoms with Crippen LogP contribution in [0.25, 0.3) is 10.8 Å². The number of benzene rings is 3. The predicted octanol–water partition coefficient (Wildman–Crippen LogP) is 3.20. The Bertz CT molecular complexity index is 921. The van der Waals surface area contributed by atoms with Crippen molar-refractivity contribution in [2.45, 2.75) is 0 Å². The third-order valence-corrected chi connectivity index (χ3v) is 3.72. The van der Waals surface area contributed by atoms with Gasteiger partial charge in [-0.25, -0.2) is 0 Å². The van der Waals surface area contributed by atoms with Crippen molar-refractivity contribution in [2.24, 2.45) is 5.73 Å². The number of hydrogen-bond donors (Lipinski definition) is 2. The summed E-state index contributed by atoms with van der Waals surface area (Å²) in [4.78, 5) is 23.9. The van der Waals surface area contributed by atoms with Crippen LogP contribution in [0, 0.1) is 0 Å². The molecule has 0 atom stereocenters. The minimum atomic E-state index is -0.576. The SMILES string of the molecule is COc1cc2ccc(C(=O)Nc3ccccc3)cc2cc1C(N)=O. The number of nitrogens with two attached hydrogens (primary N) is 1. The summed E-state index contributed by atoms with van der Waals surface area (Å²) in [6.45, 7) is 0. The molecule has 0 aliphatic heterocycles. The van der Waals surface area contributed by atoms with E-state index in [0.717, 1.165) is 16.5 Å². The normalized spacial score (nSPS) is 10.4. The highest BCUT2D eigenvalue weighted by molar-refractivity contribution is 6.07. The fourth-order valence-corrected chi connectivity index (χ4v) is 2.50. The Morgan fingerprint density at radius 3 is 2.38 bits per heavy atom. The quantitative estimate of drug-likeness (QED) is 0.774. The van der Waals surface area contributed by atoms with E-state index in [9.17, 15) is 9.59 Å². The number of para-hydroxylation sites is 1. The molecule has 5 nitrogen and oxygen atoms in total. The molecule has 2 amide bonds. The zero-order valence-electron chi connectivity index (χ0n) is 13.1. The van der Waals surface area contributed by atoms with Gasteiger partial charge in [0.25, 0.3) is 11.8 Å². The molecule has 0 radical (unpaired) electrons. The van der Waals surface area contributed by atoms with Crippen LogP contribution in [0.15, 0.2) is 60.7 Å². The summed E-state index contributed by atoms with van der Waals surface area (Å²) in [7, 11) is 1.48. The first-order valence-electron chi connectivity index (χ1n) is 7.36. The van der Waals surface area contributed by atoms with Gasteiger partial charge in [-0.1, -0.05) is 24.3 Å². The van der Waals surface area contributed by atoms with E-state index in [0.29, 0.717) is 11.3 Å². The van der Waals surface area contributed by atoms with E-state index in [1.54, 1.807) is 24.3 Å². The molecule has 0 fully saturated rings. The largest absolute Gasteiger partial charge is 0.496 e. The Labute approximate surface area is 139 Å². The van der Waals surface area contributed by atoms with Crippen LogP contribution >= 0.6 is 0 Å². The van der Waals surface area contributed by atoms with E-state index in [4.69, 9.17) is 10.5 Å². The molecule has 0 saturated carbocycles. The lowest BCUT2D eigenvalue weighted by molar-refractivity contribution is 0.0995. The van der Waals surface area contributed by atoms with Crippen LogP contribution in [0.3, 0.4) is 0 Å². The second kappa shape index (κ2) is 6.42. The van der Waals surface area contributed by atoms with Gasteiger partial charge in [-0.2, -0.15) is 0 Å². The van der Waals surface area contributed by atoms with Crippen molar-refractivity contribution in [3.8, 4) is 5.75 Å². The van der Waals surface area contributed by atoms with Gasteiger partial charge in [-0.3, -0.25) is 9.59 Å². The van der Waals surface area contributed by atoms with Crippen LogP contribution in [-0.4, -0.2) is 18.9 Å². The molecular formula is C19H16N2O3. The zero-order chi connectivity index (χ0) is 17.1. The van der Waals surface area contributed by atoms with Crippen LogP contribution in [0.1, 0.15) is 20.7 Å². The minimum Gasteiger partial charge on any atom is -0.496 e. The Morgan fingerprint density at radius 1 is 0.958 bits per heavy atom. The fourth-order valence-electron chi connectivity index (χ4n) is 2.50. The number of ether oxygens (including phenoxy) is 1. The lowest BCUT2D eigenvalue weighted by Gasteiger charge is -2.10. The second-order valence-electron chi connectivity index (χ2n) is 5.30. The molecular weight excluding hydrogens is 304 g/mol. The van der Waals surface area contributed by atoms with Gasteiger partial charge < -0.3 is 15.8 Å². The third kappa shape index (κ3) is 3.05. The molecule has 0 aliphatic carbocycles. The number of nitrogens with one attached hydrogen (secondary N) is 1. The summed E-state index contributed by atoms with van der Waals surface area (Å²) < 4.78 is 5.19. The van der Waals surface area contributed by atoms with Crippen molar-refractivity contribution >= 4 is 28.3 Å². The van der Waals surface area contributed by atoms with Crippen molar-refractivity contribution < 1.29 is 14.3 Å². The molecule has 3 rings (SSSR count). The molecule has 0 aliphatic rings. The Morgan fingerprint density at radius 2 is 1.71 bits per heavy atom. The number of carbonyl (C=O) groups is 2. The molecule has 5 heteroatoms. The molecule has 3 aromatic rings. The van der Waals surface area contributed by atoms with Gasteiger partial charge in [-0.05, 0) is 47.2 Å². The summed E-state index contributed by atoms with van der Waals surface area (Å²) in [6.07, 6.45) is 0. The van der Waals surface area contributed by atoms with Crippen LogP contribution in [-0.2, 0) is 0 Å². The number of primary amides is 1. The van der Waals surface area contributed by atoms with Crippen molar-refractivity contribution in [2.75, 3.05) is 12.4 Å². The first kappa shape index (κ1) is 15.6. The smallest absolute Gasteiger partial charge is 0.255 e. The third-order valence-electron chi connectivity index (χ3n) is 3.72. The van der Waals surface area contributed by atoms with Gasteiger partial charge in [0, 0.05) is 11.3 Å². The molecule has 24 heavy (non-hydrogen) atoms. The number of anilines is 1. The Hall–Kier alpha value is -3.34. The number of hydrogen-bond acceptors (Lipinski definition) is 3. The van der Waals surface area contributed by atoms with Gasteiger partial charge >= 0.3 is 0 Å². The van der Waals surface area contributed by atoms with Crippen molar-refractivity contribution in [1.29, 1.82) is 0 Å². The maximum atomic E-state index is 12.4. The van der Waals surface area contributed by atoms with Crippen LogP contribution in [0.4, 0.5) is 5.69 Å². The minimum absolute atomic E-state index is 0.223. The second-order valence-corrected chi connectivity index (χ2v) is 5.30. The van der Waals surface area contributed by atoms with Crippen molar-refractivity contribution in [3.05, 3.63) is 71.8 Å². The molecule has 0 saturated heterocycles. The predicted molar refractivity (Wildman–Crippen MR) is 93.4 cm³/mol. The van der Waals surface area contributed by atoms with Crippen LogP contribution in [0.2, 0.25) is 0 Å². The summed E-state index contributed by atoms with van der Waals surface area (Å²) in [5, 5.41) is 4.42. The Balaban J connectivity index is 1.98. The first-order chi connectivity index (χ1) is 11.6. The maximum absolute atomic E-state index is 12.4. The van der Waals surface area contributed by atoms with Gasteiger partial charge in [-0.15, -0.1) is 0 Å². The lowest BCUT2D eigenvalue weighted by Crippen LogP contribution is -2.13. The standard InChI is InChI=1S/C19H16N2O3/c1-24-17-11-12-7-8-13(9-14(12)10-16(17)18(20)22)19(23)21-15-5-3-2-4-6-15/h2-11H,1H3,(H2,20,22)(H,21,23). The first-order valence-corrected chi connectivity index (χ1v) is 7.36. The van der Waals surface area contributed by atoms with E-state index in [1.807, 2.05) is 36.4 Å². The number of fused-ring (bicyclic) bond motifs is 1. The van der Waals surface area contributed by atoms with Gasteiger partial charge in [0.05, 0.1) is 12.7 Å². The summed E-state index contributed by atoms with van der Waals surface area (Å²) >= 11 is 0. The topological polar surface area (TPSA) is 81.4 Å². The highest BCUT2D eigenvalue weighted by Crippen LogP contribution is 2.26. The van der Waals surface area contributed by atoms with Crippen LogP contribution < -0.4 is 15.8 Å². The monoisotopic (exact) mass is 320 g/mol. The van der Waals surface area contributed by atoms with Gasteiger partial charge in [0.15, 0.2) is 0 Å². The molecule has 0 spiro atoms. The Kier molecular flexibility index (Phi) is 4.16. The van der Waals surface area contributed by atoms with E-state index in [-0.39, 0.29) is 11.5 Å². The fraction of sp³-hybridized carbons (Fsp3) is 0.0526. The summed E-state index contributed by atoms with van der Waals surface area (Å²) in [5.74, 6) is -0.385. The van der Waals surface area contributed by atoms with E-state index >= 15 is 0 Å². The average Bonchev–Trinajstić information content (AvgIpc) is 2.60. The van der Waals surface area contributed by atoms with E-state index in [1.165, 1.54) is 7.11 Å². The molecule has 3 aromatic carbocycles. The molecule has 0 bridgehead atoms. The maximum Gasteiger partial charge on any atom is 0.255 e. The number of methoxy groups -OCH3 is 1. The molecule has 0 heterocycles. The van der Waals surface area contributed by atoms with Gasteiger partial charge in [0.1, 0.15) is 5.75 Å².